The molecular formula is C12H9FNO. The van der Waals surface area contributed by atoms with Gasteiger partial charge >= 0.3 is 0 Å². The number of hydrogen-bond donors (Lipinski definition) is 0. The van der Waals surface area contributed by atoms with Gasteiger partial charge in [0.15, 0.2) is 12.2 Å². The molecule has 2 nitrogen and oxygen atoms in total. The summed E-state index contributed by atoms with van der Waals surface area (Å²) in [7, 11) is 0. The van der Waals surface area contributed by atoms with Crippen molar-refractivity contribution in [2.24, 2.45) is 0 Å². The van der Waals surface area contributed by atoms with E-state index in [-0.39, 0.29) is 0 Å². The predicted octanol–water partition coefficient (Wildman–Crippen LogP) is 3.49. The van der Waals surface area contributed by atoms with E-state index in [1.807, 2.05) is 12.1 Å². The monoisotopic (exact) mass is 202 g/mol. The lowest BCUT2D eigenvalue weighted by molar-refractivity contribution is 0.572. The van der Waals surface area contributed by atoms with Crippen molar-refractivity contribution in [1.29, 1.82) is 0 Å². The molecule has 0 N–H and O–H groups in total. The summed E-state index contributed by atoms with van der Waals surface area (Å²) < 4.78 is 17.6. The third-order valence-electron chi connectivity index (χ3n) is 1.95. The molecule has 0 unspecified atom stereocenters. The lowest BCUT2D eigenvalue weighted by atomic mass is 10.1. The zero-order valence-electron chi connectivity index (χ0n) is 7.98. The Bertz CT molecular complexity index is 453. The van der Waals surface area contributed by atoms with Crippen molar-refractivity contribution in [2.75, 3.05) is 0 Å². The second-order valence-corrected chi connectivity index (χ2v) is 3.08. The van der Waals surface area contributed by atoms with Crippen LogP contribution in [0, 0.1) is 6.92 Å². The summed E-state index contributed by atoms with van der Waals surface area (Å²) >= 11 is 0. The lowest BCUT2D eigenvalue weighted by Crippen LogP contribution is -1.76. The lowest BCUT2D eigenvalue weighted by Gasteiger charge is -1.97. The largest absolute Gasteiger partial charge is 0.444 e. The van der Waals surface area contributed by atoms with Gasteiger partial charge < -0.3 is 4.42 Å². The van der Waals surface area contributed by atoms with E-state index in [0.29, 0.717) is 5.76 Å². The second-order valence-electron chi connectivity index (χ2n) is 3.08. The van der Waals surface area contributed by atoms with Crippen LogP contribution in [-0.2, 0) is 0 Å². The van der Waals surface area contributed by atoms with Gasteiger partial charge in [0, 0.05) is 12.5 Å². The van der Waals surface area contributed by atoms with Crippen LogP contribution in [0.3, 0.4) is 0 Å². The standard InChI is InChI=1S/C12H9FNO/c1-9(13)6-10-2-4-11(5-3-10)12-7-14-8-15-12/h2-8H,1H2/b9-6-. The van der Waals surface area contributed by atoms with Gasteiger partial charge in [-0.05, 0) is 11.6 Å². The minimum atomic E-state index is -0.456. The Labute approximate surface area is 87.1 Å². The quantitative estimate of drug-likeness (QED) is 0.745. The van der Waals surface area contributed by atoms with Crippen molar-refractivity contribution in [3.63, 3.8) is 0 Å². The average molecular weight is 202 g/mol. The Morgan fingerprint density at radius 1 is 1.33 bits per heavy atom. The number of nitrogens with zero attached hydrogens (tertiary/aromatic N) is 1. The third kappa shape index (κ3) is 2.31. The fraction of sp³-hybridized carbons (Fsp3) is 0. The number of oxazole rings is 1. The number of rotatable bonds is 2. The first kappa shape index (κ1) is 9.65. The molecule has 0 amide bonds. The molecule has 0 saturated heterocycles. The van der Waals surface area contributed by atoms with Crippen molar-refractivity contribution in [2.45, 2.75) is 0 Å². The SMILES string of the molecule is [CH2]/C(F)=C/c1ccc(-c2cnco2)cc1. The van der Waals surface area contributed by atoms with Gasteiger partial charge in [0.05, 0.1) is 6.20 Å². The van der Waals surface area contributed by atoms with Gasteiger partial charge in [0.2, 0.25) is 0 Å². The minimum absolute atomic E-state index is 0.456. The highest BCUT2D eigenvalue weighted by Gasteiger charge is 2.00. The highest BCUT2D eigenvalue weighted by Crippen LogP contribution is 2.19. The van der Waals surface area contributed by atoms with Crippen molar-refractivity contribution in [3.05, 3.63) is 55.2 Å². The Kier molecular flexibility index (Phi) is 2.63. The molecule has 2 aromatic rings. The van der Waals surface area contributed by atoms with Crippen molar-refractivity contribution in [3.8, 4) is 11.3 Å². The molecule has 0 aliphatic carbocycles. The number of allylic oxidation sites excluding steroid dienone is 1. The van der Waals surface area contributed by atoms with Crippen LogP contribution < -0.4 is 0 Å². The zero-order valence-corrected chi connectivity index (χ0v) is 7.98. The van der Waals surface area contributed by atoms with Crippen molar-refractivity contribution >= 4 is 6.08 Å². The highest BCUT2D eigenvalue weighted by molar-refractivity contribution is 5.61. The summed E-state index contributed by atoms with van der Waals surface area (Å²) in [5, 5.41) is 0. The number of aromatic nitrogens is 1. The molecule has 0 atom stereocenters. The van der Waals surface area contributed by atoms with E-state index in [9.17, 15) is 4.39 Å². The normalized spacial score (nSPS) is 11.7. The highest BCUT2D eigenvalue weighted by atomic mass is 19.1. The van der Waals surface area contributed by atoms with Crippen molar-refractivity contribution < 1.29 is 8.81 Å². The molecule has 0 fully saturated rings. The summed E-state index contributed by atoms with van der Waals surface area (Å²) in [4.78, 5) is 3.82. The van der Waals surface area contributed by atoms with Gasteiger partial charge in [-0.1, -0.05) is 24.3 Å². The van der Waals surface area contributed by atoms with Crippen LogP contribution in [-0.4, -0.2) is 4.98 Å². The first-order chi connectivity index (χ1) is 7.25. The van der Waals surface area contributed by atoms with Gasteiger partial charge in [0.1, 0.15) is 5.83 Å². The van der Waals surface area contributed by atoms with E-state index in [1.54, 1.807) is 18.3 Å². The van der Waals surface area contributed by atoms with Crippen molar-refractivity contribution in [1.82, 2.24) is 4.98 Å². The van der Waals surface area contributed by atoms with Crippen LogP contribution in [0.25, 0.3) is 17.4 Å². The van der Waals surface area contributed by atoms with Crippen LogP contribution in [0.4, 0.5) is 4.39 Å². The molecule has 75 valence electrons. The molecule has 1 aromatic heterocycles. The first-order valence-corrected chi connectivity index (χ1v) is 4.44. The molecule has 0 spiro atoms. The Morgan fingerprint density at radius 2 is 2.07 bits per heavy atom. The van der Waals surface area contributed by atoms with Crippen LogP contribution >= 0.6 is 0 Å². The maximum Gasteiger partial charge on any atom is 0.181 e. The Balaban J connectivity index is 2.29. The number of hydrogen-bond acceptors (Lipinski definition) is 2. The number of halogens is 1. The van der Waals surface area contributed by atoms with E-state index in [1.165, 1.54) is 12.5 Å². The molecule has 0 bridgehead atoms. The van der Waals surface area contributed by atoms with E-state index in [0.717, 1.165) is 11.1 Å². The molecule has 15 heavy (non-hydrogen) atoms. The van der Waals surface area contributed by atoms with E-state index >= 15 is 0 Å². The zero-order chi connectivity index (χ0) is 10.7. The topological polar surface area (TPSA) is 26.0 Å². The molecule has 0 saturated carbocycles. The summed E-state index contributed by atoms with van der Waals surface area (Å²) in [5.41, 5.74) is 1.68. The molecule has 2 rings (SSSR count). The van der Waals surface area contributed by atoms with E-state index in [4.69, 9.17) is 4.42 Å². The van der Waals surface area contributed by atoms with Crippen LogP contribution in [0.5, 0.6) is 0 Å². The first-order valence-electron chi connectivity index (χ1n) is 4.44. The fourth-order valence-electron chi connectivity index (χ4n) is 1.28. The van der Waals surface area contributed by atoms with Gasteiger partial charge in [-0.3, -0.25) is 0 Å². The summed E-state index contributed by atoms with van der Waals surface area (Å²) in [6, 6.07) is 7.27. The maximum absolute atomic E-state index is 12.5. The van der Waals surface area contributed by atoms with Gasteiger partial charge in [-0.2, -0.15) is 0 Å². The van der Waals surface area contributed by atoms with Gasteiger partial charge in [-0.25, -0.2) is 9.37 Å². The predicted molar refractivity (Wildman–Crippen MR) is 56.4 cm³/mol. The van der Waals surface area contributed by atoms with Crippen LogP contribution in [0.2, 0.25) is 0 Å². The molecule has 1 radical (unpaired) electrons. The molecule has 1 heterocycles. The average Bonchev–Trinajstić information content (AvgIpc) is 2.71. The maximum atomic E-state index is 12.5. The molecule has 1 aromatic carbocycles. The van der Waals surface area contributed by atoms with Gasteiger partial charge in [0.25, 0.3) is 0 Å². The van der Waals surface area contributed by atoms with E-state index in [2.05, 4.69) is 11.9 Å². The minimum Gasteiger partial charge on any atom is -0.444 e. The molecule has 0 aliphatic rings. The van der Waals surface area contributed by atoms with Crippen LogP contribution in [0.1, 0.15) is 5.56 Å². The number of benzene rings is 1. The molecular weight excluding hydrogens is 193 g/mol. The Hall–Kier alpha value is -1.90. The fourth-order valence-corrected chi connectivity index (χ4v) is 1.28. The Morgan fingerprint density at radius 3 is 2.60 bits per heavy atom. The summed E-state index contributed by atoms with van der Waals surface area (Å²) in [6.07, 6.45) is 4.37. The molecule has 0 aliphatic heterocycles. The summed E-state index contributed by atoms with van der Waals surface area (Å²) in [6.45, 7) is 3.17. The smallest absolute Gasteiger partial charge is 0.181 e. The molecule has 3 heteroatoms. The van der Waals surface area contributed by atoms with Gasteiger partial charge in [-0.15, -0.1) is 0 Å². The summed E-state index contributed by atoms with van der Waals surface area (Å²) in [5.74, 6) is 0.239. The van der Waals surface area contributed by atoms with E-state index < -0.39 is 5.83 Å². The third-order valence-corrected chi connectivity index (χ3v) is 1.95. The van der Waals surface area contributed by atoms with Crippen LogP contribution in [0.15, 0.2) is 47.1 Å². The second kappa shape index (κ2) is 4.09.